The minimum atomic E-state index is 0.668. The fraction of sp³-hybridized carbons (Fsp3) is 0.692. The van der Waals surface area contributed by atoms with E-state index in [9.17, 15) is 0 Å². The maximum absolute atomic E-state index is 2.48. The van der Waals surface area contributed by atoms with Crippen LogP contribution in [-0.2, 0) is 0 Å². The molecule has 0 saturated heterocycles. The standard InChI is InChI=1S/C13H23N/c1-5-14(6-2)8-7-13-9-11(3)12(4)10-13/h9-11H,5-8H2,1-4H3. The molecule has 0 bridgehead atoms. The second kappa shape index (κ2) is 5.35. The van der Waals surface area contributed by atoms with Crippen LogP contribution >= 0.6 is 0 Å². The molecule has 0 heterocycles. The molecule has 0 aromatic heterocycles. The molecule has 1 aliphatic rings. The second-order valence-electron chi connectivity index (χ2n) is 4.20. The summed E-state index contributed by atoms with van der Waals surface area (Å²) in [6.07, 6.45) is 5.97. The van der Waals surface area contributed by atoms with Crippen molar-refractivity contribution in [2.45, 2.75) is 34.1 Å². The summed E-state index contributed by atoms with van der Waals surface area (Å²) in [6, 6.07) is 0. The van der Waals surface area contributed by atoms with Gasteiger partial charge in [-0.15, -0.1) is 0 Å². The zero-order valence-electron chi connectivity index (χ0n) is 10.0. The van der Waals surface area contributed by atoms with Crippen LogP contribution in [0.5, 0.6) is 0 Å². The predicted molar refractivity (Wildman–Crippen MR) is 63.4 cm³/mol. The van der Waals surface area contributed by atoms with Gasteiger partial charge in [0, 0.05) is 6.54 Å². The van der Waals surface area contributed by atoms with Gasteiger partial charge in [0.2, 0.25) is 0 Å². The number of allylic oxidation sites excluding steroid dienone is 3. The summed E-state index contributed by atoms with van der Waals surface area (Å²) in [5.41, 5.74) is 3.04. The van der Waals surface area contributed by atoms with E-state index < -0.39 is 0 Å². The largest absolute Gasteiger partial charge is 0.304 e. The van der Waals surface area contributed by atoms with E-state index in [-0.39, 0.29) is 0 Å². The van der Waals surface area contributed by atoms with E-state index in [4.69, 9.17) is 0 Å². The first-order valence-electron chi connectivity index (χ1n) is 5.78. The van der Waals surface area contributed by atoms with Crippen LogP contribution in [-0.4, -0.2) is 24.5 Å². The summed E-state index contributed by atoms with van der Waals surface area (Å²) < 4.78 is 0. The summed E-state index contributed by atoms with van der Waals surface area (Å²) in [5.74, 6) is 0.668. The molecule has 1 nitrogen and oxygen atoms in total. The Balaban J connectivity index is 2.36. The molecule has 0 aromatic rings. The van der Waals surface area contributed by atoms with Crippen molar-refractivity contribution in [2.24, 2.45) is 5.92 Å². The van der Waals surface area contributed by atoms with Crippen molar-refractivity contribution >= 4 is 0 Å². The van der Waals surface area contributed by atoms with Gasteiger partial charge in [0.05, 0.1) is 0 Å². The summed E-state index contributed by atoms with van der Waals surface area (Å²) in [6.45, 7) is 12.5. The molecule has 0 fully saturated rings. The van der Waals surface area contributed by atoms with Gasteiger partial charge in [-0.3, -0.25) is 0 Å². The van der Waals surface area contributed by atoms with Crippen LogP contribution in [0.15, 0.2) is 23.3 Å². The third-order valence-electron chi connectivity index (χ3n) is 3.21. The van der Waals surface area contributed by atoms with Crippen LogP contribution in [0, 0.1) is 5.92 Å². The van der Waals surface area contributed by atoms with Gasteiger partial charge in [0.1, 0.15) is 0 Å². The quantitative estimate of drug-likeness (QED) is 0.648. The first-order valence-corrected chi connectivity index (χ1v) is 5.78. The molecule has 0 spiro atoms. The Hall–Kier alpha value is -0.560. The van der Waals surface area contributed by atoms with Crippen molar-refractivity contribution < 1.29 is 0 Å². The Kier molecular flexibility index (Phi) is 4.40. The van der Waals surface area contributed by atoms with Crippen molar-refractivity contribution in [3.05, 3.63) is 23.3 Å². The monoisotopic (exact) mass is 193 g/mol. The maximum Gasteiger partial charge on any atom is 0.00215 e. The maximum atomic E-state index is 2.48. The first-order chi connectivity index (χ1) is 6.67. The molecular weight excluding hydrogens is 170 g/mol. The van der Waals surface area contributed by atoms with Gasteiger partial charge >= 0.3 is 0 Å². The summed E-state index contributed by atoms with van der Waals surface area (Å²) >= 11 is 0. The highest BCUT2D eigenvalue weighted by Gasteiger charge is 2.10. The average molecular weight is 193 g/mol. The lowest BCUT2D eigenvalue weighted by atomic mass is 10.1. The van der Waals surface area contributed by atoms with Gasteiger partial charge < -0.3 is 4.90 Å². The van der Waals surface area contributed by atoms with E-state index in [2.05, 4.69) is 44.7 Å². The zero-order valence-corrected chi connectivity index (χ0v) is 10.0. The Labute approximate surface area is 88.5 Å². The SMILES string of the molecule is CCN(CC)CCC1=CC(C)C(C)=C1. The van der Waals surface area contributed by atoms with E-state index >= 15 is 0 Å². The molecule has 0 aromatic carbocycles. The lowest BCUT2D eigenvalue weighted by Crippen LogP contribution is -2.24. The minimum absolute atomic E-state index is 0.668. The van der Waals surface area contributed by atoms with Gasteiger partial charge in [-0.25, -0.2) is 0 Å². The molecule has 0 radical (unpaired) electrons. The summed E-state index contributed by atoms with van der Waals surface area (Å²) in [4.78, 5) is 2.48. The number of nitrogens with zero attached hydrogens (tertiary/aromatic N) is 1. The van der Waals surface area contributed by atoms with Crippen molar-refractivity contribution in [3.8, 4) is 0 Å². The Morgan fingerprint density at radius 1 is 1.29 bits per heavy atom. The zero-order chi connectivity index (χ0) is 10.6. The minimum Gasteiger partial charge on any atom is -0.304 e. The molecular formula is C13H23N. The predicted octanol–water partition coefficient (Wildman–Crippen LogP) is 3.24. The lowest BCUT2D eigenvalue weighted by Gasteiger charge is -2.17. The van der Waals surface area contributed by atoms with E-state index in [1.807, 2.05) is 0 Å². The molecule has 1 unspecified atom stereocenters. The lowest BCUT2D eigenvalue weighted by molar-refractivity contribution is 0.308. The number of hydrogen-bond donors (Lipinski definition) is 0. The Bertz CT molecular complexity index is 234. The molecule has 0 N–H and O–H groups in total. The highest BCUT2D eigenvalue weighted by Crippen LogP contribution is 2.24. The summed E-state index contributed by atoms with van der Waals surface area (Å²) in [7, 11) is 0. The third-order valence-corrected chi connectivity index (χ3v) is 3.21. The first kappa shape index (κ1) is 11.5. The van der Waals surface area contributed by atoms with E-state index in [1.165, 1.54) is 37.2 Å². The van der Waals surface area contributed by atoms with Gasteiger partial charge in [-0.1, -0.05) is 44.1 Å². The highest BCUT2D eigenvalue weighted by molar-refractivity contribution is 5.34. The van der Waals surface area contributed by atoms with E-state index in [0.717, 1.165) is 0 Å². The van der Waals surface area contributed by atoms with Crippen molar-refractivity contribution in [2.75, 3.05) is 19.6 Å². The molecule has 80 valence electrons. The van der Waals surface area contributed by atoms with Crippen LogP contribution in [0.3, 0.4) is 0 Å². The number of hydrogen-bond acceptors (Lipinski definition) is 1. The molecule has 1 rings (SSSR count). The second-order valence-corrected chi connectivity index (χ2v) is 4.20. The molecule has 1 aliphatic carbocycles. The van der Waals surface area contributed by atoms with Crippen LogP contribution < -0.4 is 0 Å². The van der Waals surface area contributed by atoms with Crippen molar-refractivity contribution in [3.63, 3.8) is 0 Å². The van der Waals surface area contributed by atoms with Crippen molar-refractivity contribution in [1.29, 1.82) is 0 Å². The van der Waals surface area contributed by atoms with E-state index in [1.54, 1.807) is 0 Å². The molecule has 0 aliphatic heterocycles. The molecule has 14 heavy (non-hydrogen) atoms. The topological polar surface area (TPSA) is 3.24 Å². The highest BCUT2D eigenvalue weighted by atomic mass is 15.1. The van der Waals surface area contributed by atoms with Crippen LogP contribution in [0.1, 0.15) is 34.1 Å². The molecule has 0 amide bonds. The van der Waals surface area contributed by atoms with Gasteiger partial charge in [-0.2, -0.15) is 0 Å². The van der Waals surface area contributed by atoms with Crippen LogP contribution in [0.2, 0.25) is 0 Å². The van der Waals surface area contributed by atoms with Crippen LogP contribution in [0.25, 0.3) is 0 Å². The average Bonchev–Trinajstić information content (AvgIpc) is 2.48. The fourth-order valence-electron chi connectivity index (χ4n) is 1.91. The molecule has 1 heteroatoms. The van der Waals surface area contributed by atoms with Gasteiger partial charge in [-0.05, 0) is 32.4 Å². The van der Waals surface area contributed by atoms with Crippen LogP contribution in [0.4, 0.5) is 0 Å². The van der Waals surface area contributed by atoms with Gasteiger partial charge in [0.25, 0.3) is 0 Å². The fourth-order valence-corrected chi connectivity index (χ4v) is 1.91. The smallest absolute Gasteiger partial charge is 0.00215 e. The third kappa shape index (κ3) is 2.98. The Morgan fingerprint density at radius 2 is 1.93 bits per heavy atom. The van der Waals surface area contributed by atoms with Gasteiger partial charge in [0.15, 0.2) is 0 Å². The Morgan fingerprint density at radius 3 is 2.36 bits per heavy atom. The molecule has 1 atom stereocenters. The molecule has 0 saturated carbocycles. The normalized spacial score (nSPS) is 21.4. The van der Waals surface area contributed by atoms with Crippen molar-refractivity contribution in [1.82, 2.24) is 4.90 Å². The number of rotatable bonds is 5. The summed E-state index contributed by atoms with van der Waals surface area (Å²) in [5, 5.41) is 0. The van der Waals surface area contributed by atoms with E-state index in [0.29, 0.717) is 5.92 Å².